The zero-order valence-corrected chi connectivity index (χ0v) is 12.1. The van der Waals surface area contributed by atoms with E-state index in [1.165, 1.54) is 34.7 Å². The minimum Gasteiger partial charge on any atom is -0.475 e. The second-order valence-corrected chi connectivity index (χ2v) is 5.80. The molecule has 3 nitrogen and oxygen atoms in total. The van der Waals surface area contributed by atoms with Crippen molar-refractivity contribution < 1.29 is 23.1 Å². The summed E-state index contributed by atoms with van der Waals surface area (Å²) >= 11 is 0. The Morgan fingerprint density at radius 3 is 2.30 bits per heavy atom. The fourth-order valence-electron chi connectivity index (χ4n) is 2.90. The maximum absolute atomic E-state index is 10.6. The number of aliphatic imine (C=N–C) groups is 1. The SMILES string of the molecule is C1=NCC2(CC2)c2cccc3cccc1c23.O=C(O)C(F)(F)F. The first kappa shape index (κ1) is 15.5. The van der Waals surface area contributed by atoms with Gasteiger partial charge in [0.15, 0.2) is 0 Å². The Hall–Kier alpha value is -2.37. The molecule has 0 radical (unpaired) electrons. The molecule has 0 saturated heterocycles. The van der Waals surface area contributed by atoms with Crippen LogP contribution in [0.2, 0.25) is 0 Å². The van der Waals surface area contributed by atoms with Crippen molar-refractivity contribution in [2.24, 2.45) is 4.99 Å². The molecular formula is C17H14F3NO2. The van der Waals surface area contributed by atoms with Gasteiger partial charge in [-0.05, 0) is 29.2 Å². The number of fused-ring (bicyclic) bond motifs is 1. The largest absolute Gasteiger partial charge is 0.490 e. The summed E-state index contributed by atoms with van der Waals surface area (Å²) in [6, 6.07) is 13.2. The van der Waals surface area contributed by atoms with E-state index in [9.17, 15) is 13.2 Å². The van der Waals surface area contributed by atoms with Gasteiger partial charge in [0.1, 0.15) is 0 Å². The monoisotopic (exact) mass is 321 g/mol. The van der Waals surface area contributed by atoms with Gasteiger partial charge < -0.3 is 5.11 Å². The van der Waals surface area contributed by atoms with Crippen LogP contribution in [0.3, 0.4) is 0 Å². The molecule has 1 fully saturated rings. The molecule has 0 aromatic heterocycles. The molecule has 23 heavy (non-hydrogen) atoms. The highest BCUT2D eigenvalue weighted by Gasteiger charge is 2.45. The Morgan fingerprint density at radius 2 is 1.74 bits per heavy atom. The van der Waals surface area contributed by atoms with Crippen molar-refractivity contribution in [1.29, 1.82) is 0 Å². The van der Waals surface area contributed by atoms with Crippen LogP contribution in [0, 0.1) is 0 Å². The summed E-state index contributed by atoms with van der Waals surface area (Å²) in [6.45, 7) is 0.973. The summed E-state index contributed by atoms with van der Waals surface area (Å²) in [5, 5.41) is 9.92. The molecule has 2 aromatic rings. The Morgan fingerprint density at radius 1 is 1.13 bits per heavy atom. The summed E-state index contributed by atoms with van der Waals surface area (Å²) in [5.74, 6) is -2.76. The molecule has 1 spiro atoms. The van der Waals surface area contributed by atoms with E-state index in [-0.39, 0.29) is 0 Å². The molecule has 6 heteroatoms. The number of hydrogen-bond donors (Lipinski definition) is 1. The molecule has 120 valence electrons. The van der Waals surface area contributed by atoms with E-state index in [0.29, 0.717) is 5.41 Å². The van der Waals surface area contributed by atoms with Crippen LogP contribution in [0.1, 0.15) is 24.0 Å². The fraction of sp³-hybridized carbons (Fsp3) is 0.294. The van der Waals surface area contributed by atoms with Crippen LogP contribution in [0.5, 0.6) is 0 Å². The summed E-state index contributed by atoms with van der Waals surface area (Å²) in [5.41, 5.74) is 3.19. The molecule has 1 heterocycles. The minimum atomic E-state index is -5.08. The smallest absolute Gasteiger partial charge is 0.475 e. The van der Waals surface area contributed by atoms with Crippen LogP contribution < -0.4 is 0 Å². The second-order valence-electron chi connectivity index (χ2n) is 5.80. The third kappa shape index (κ3) is 2.93. The summed E-state index contributed by atoms with van der Waals surface area (Å²) in [6.07, 6.45) is -0.422. The van der Waals surface area contributed by atoms with Crippen LogP contribution in [0.15, 0.2) is 41.4 Å². The number of alkyl halides is 3. The van der Waals surface area contributed by atoms with Crippen LogP contribution in [-0.2, 0) is 10.2 Å². The van der Waals surface area contributed by atoms with Gasteiger partial charge >= 0.3 is 12.1 Å². The predicted octanol–water partition coefficient (Wildman–Crippen LogP) is 3.94. The van der Waals surface area contributed by atoms with Crippen molar-refractivity contribution in [3.8, 4) is 0 Å². The maximum atomic E-state index is 10.6. The molecule has 2 aliphatic rings. The van der Waals surface area contributed by atoms with Gasteiger partial charge in [-0.3, -0.25) is 4.99 Å². The van der Waals surface area contributed by atoms with E-state index in [4.69, 9.17) is 9.90 Å². The van der Waals surface area contributed by atoms with Gasteiger partial charge in [0, 0.05) is 23.7 Å². The molecule has 0 amide bonds. The zero-order chi connectivity index (χ0) is 16.7. The molecule has 0 unspecified atom stereocenters. The van der Waals surface area contributed by atoms with E-state index in [2.05, 4.69) is 47.6 Å². The Kier molecular flexibility index (Phi) is 3.62. The number of nitrogens with zero attached hydrogens (tertiary/aromatic N) is 1. The predicted molar refractivity (Wildman–Crippen MR) is 81.0 cm³/mol. The second kappa shape index (κ2) is 5.37. The topological polar surface area (TPSA) is 49.7 Å². The van der Waals surface area contributed by atoms with E-state index >= 15 is 0 Å². The van der Waals surface area contributed by atoms with Crippen molar-refractivity contribution >= 4 is 23.0 Å². The molecule has 4 rings (SSSR count). The van der Waals surface area contributed by atoms with Gasteiger partial charge in [-0.15, -0.1) is 0 Å². The zero-order valence-electron chi connectivity index (χ0n) is 12.1. The lowest BCUT2D eigenvalue weighted by atomic mass is 9.90. The number of halogens is 3. The molecular weight excluding hydrogens is 307 g/mol. The minimum absolute atomic E-state index is 0.378. The van der Waals surface area contributed by atoms with Crippen molar-refractivity contribution in [3.05, 3.63) is 47.5 Å². The third-order valence-corrected chi connectivity index (χ3v) is 4.23. The van der Waals surface area contributed by atoms with Gasteiger partial charge in [-0.2, -0.15) is 13.2 Å². The molecule has 1 aliphatic heterocycles. The normalized spacial score (nSPS) is 17.3. The van der Waals surface area contributed by atoms with Gasteiger partial charge in [0.2, 0.25) is 0 Å². The number of benzene rings is 2. The van der Waals surface area contributed by atoms with Gasteiger partial charge in [-0.1, -0.05) is 36.4 Å². The summed E-state index contributed by atoms with van der Waals surface area (Å²) in [4.78, 5) is 13.5. The molecule has 1 N–H and O–H groups in total. The van der Waals surface area contributed by atoms with E-state index in [0.717, 1.165) is 6.54 Å². The number of aliphatic carboxylic acids is 1. The average molecular weight is 321 g/mol. The number of carboxylic acids is 1. The first-order valence-corrected chi connectivity index (χ1v) is 7.16. The number of hydrogen-bond acceptors (Lipinski definition) is 2. The number of rotatable bonds is 0. The lowest BCUT2D eigenvalue weighted by molar-refractivity contribution is -0.192. The Balaban J connectivity index is 0.000000193. The highest BCUT2D eigenvalue weighted by molar-refractivity contribution is 6.03. The molecule has 0 bridgehead atoms. The van der Waals surface area contributed by atoms with Crippen molar-refractivity contribution in [1.82, 2.24) is 0 Å². The van der Waals surface area contributed by atoms with Crippen LogP contribution in [0.4, 0.5) is 13.2 Å². The van der Waals surface area contributed by atoms with Crippen LogP contribution in [-0.4, -0.2) is 30.0 Å². The lowest BCUT2D eigenvalue weighted by Crippen LogP contribution is -2.21. The molecule has 1 saturated carbocycles. The highest BCUT2D eigenvalue weighted by atomic mass is 19.4. The third-order valence-electron chi connectivity index (χ3n) is 4.23. The maximum Gasteiger partial charge on any atom is 0.490 e. The van der Waals surface area contributed by atoms with Crippen LogP contribution in [0.25, 0.3) is 10.8 Å². The quantitative estimate of drug-likeness (QED) is 0.799. The molecule has 0 atom stereocenters. The van der Waals surface area contributed by atoms with Gasteiger partial charge in [0.05, 0.1) is 0 Å². The van der Waals surface area contributed by atoms with E-state index < -0.39 is 12.1 Å². The Labute approximate surface area is 130 Å². The molecule has 1 aliphatic carbocycles. The van der Waals surface area contributed by atoms with E-state index in [1.807, 2.05) is 0 Å². The lowest BCUT2D eigenvalue weighted by Gasteiger charge is -2.14. The van der Waals surface area contributed by atoms with Crippen molar-refractivity contribution in [2.45, 2.75) is 24.4 Å². The standard InChI is InChI=1S/C15H13N.C2HF3O2/c1-3-11-4-2-6-13-14(11)12(5-1)9-16-10-15(13)7-8-15;3-2(4,5)1(6)7/h1-6,9H,7-8,10H2;(H,6,7). The fourth-order valence-corrected chi connectivity index (χ4v) is 2.90. The van der Waals surface area contributed by atoms with Crippen LogP contribution >= 0.6 is 0 Å². The number of carboxylic acid groups (broad SMARTS) is 1. The van der Waals surface area contributed by atoms with Crippen molar-refractivity contribution in [2.75, 3.05) is 6.54 Å². The molecule has 2 aromatic carbocycles. The van der Waals surface area contributed by atoms with Crippen molar-refractivity contribution in [3.63, 3.8) is 0 Å². The van der Waals surface area contributed by atoms with Gasteiger partial charge in [0.25, 0.3) is 0 Å². The summed E-state index contributed by atoms with van der Waals surface area (Å²) < 4.78 is 31.7. The Bertz CT molecular complexity index is 787. The first-order valence-electron chi connectivity index (χ1n) is 7.16. The van der Waals surface area contributed by atoms with E-state index in [1.54, 1.807) is 0 Å². The first-order chi connectivity index (χ1) is 10.8. The number of carbonyl (C=O) groups is 1. The van der Waals surface area contributed by atoms with Gasteiger partial charge in [-0.25, -0.2) is 4.79 Å². The highest BCUT2D eigenvalue weighted by Crippen LogP contribution is 2.51. The average Bonchev–Trinajstić information content (AvgIpc) is 3.29. The summed E-state index contributed by atoms with van der Waals surface area (Å²) in [7, 11) is 0.